The lowest BCUT2D eigenvalue weighted by molar-refractivity contribution is 0.0267. The molecule has 2 fully saturated rings. The van der Waals surface area contributed by atoms with E-state index in [1.54, 1.807) is 30.8 Å². The minimum Gasteiger partial charge on any atom is -0.474 e. The van der Waals surface area contributed by atoms with Gasteiger partial charge in [0.25, 0.3) is 0 Å². The summed E-state index contributed by atoms with van der Waals surface area (Å²) in [4.78, 5) is 11.4. The summed E-state index contributed by atoms with van der Waals surface area (Å²) in [6.07, 6.45) is 10.6. The number of aliphatic hydroxyl groups is 1. The van der Waals surface area contributed by atoms with Crippen molar-refractivity contribution < 1.29 is 14.1 Å². The average Bonchev–Trinajstić information content (AvgIpc) is 3.31. The van der Waals surface area contributed by atoms with Crippen molar-refractivity contribution >= 4 is 21.1 Å². The normalized spacial score (nSPS) is 18.5. The first-order chi connectivity index (χ1) is 17.7. The van der Waals surface area contributed by atoms with Crippen LogP contribution in [0.5, 0.6) is 5.88 Å². The highest BCUT2D eigenvalue weighted by molar-refractivity contribution is 7.93. The van der Waals surface area contributed by atoms with Gasteiger partial charge in [-0.1, -0.05) is 19.3 Å². The van der Waals surface area contributed by atoms with E-state index < -0.39 is 15.3 Å². The van der Waals surface area contributed by atoms with Gasteiger partial charge in [0.1, 0.15) is 35.3 Å². The highest BCUT2D eigenvalue weighted by Gasteiger charge is 2.24. The first-order valence-electron chi connectivity index (χ1n) is 12.8. The zero-order chi connectivity index (χ0) is 26.0. The monoisotopic (exact) mass is 523 g/mol. The lowest BCUT2D eigenvalue weighted by Gasteiger charge is -2.31. The molecule has 37 heavy (non-hydrogen) atoms. The van der Waals surface area contributed by atoms with Crippen molar-refractivity contribution in [3.63, 3.8) is 0 Å². The number of aromatic nitrogens is 4. The number of ether oxygens (including phenoxy) is 1. The SMILES string of the molecule is CC(C)(O)COc1cn2ncc(C#N)c2c(-c2ccc(N3CCS(=O)(=NC4CCCCC4)CC3)nc2)n1. The van der Waals surface area contributed by atoms with Gasteiger partial charge in [-0.3, -0.25) is 0 Å². The molecule has 1 saturated heterocycles. The van der Waals surface area contributed by atoms with Gasteiger partial charge in [-0.15, -0.1) is 0 Å². The molecule has 1 N–H and O–H groups in total. The molecular weight excluding hydrogens is 490 g/mol. The van der Waals surface area contributed by atoms with Crippen LogP contribution in [0.1, 0.15) is 51.5 Å². The maximum atomic E-state index is 13.3. The Kier molecular flexibility index (Phi) is 7.05. The van der Waals surface area contributed by atoms with Crippen molar-refractivity contribution in [3.8, 4) is 23.2 Å². The third-order valence-corrected chi connectivity index (χ3v) is 9.11. The second-order valence-electron chi connectivity index (χ2n) is 10.5. The summed E-state index contributed by atoms with van der Waals surface area (Å²) < 4.78 is 25.4. The van der Waals surface area contributed by atoms with Gasteiger partial charge >= 0.3 is 0 Å². The van der Waals surface area contributed by atoms with E-state index in [1.165, 1.54) is 25.5 Å². The van der Waals surface area contributed by atoms with E-state index in [9.17, 15) is 14.6 Å². The summed E-state index contributed by atoms with van der Waals surface area (Å²) in [5.41, 5.74) is 1.17. The molecule has 10 nitrogen and oxygen atoms in total. The Morgan fingerprint density at radius 2 is 1.97 bits per heavy atom. The summed E-state index contributed by atoms with van der Waals surface area (Å²) in [6, 6.07) is 6.27. The van der Waals surface area contributed by atoms with Crippen molar-refractivity contribution in [2.24, 2.45) is 4.36 Å². The fourth-order valence-electron chi connectivity index (χ4n) is 4.82. The number of rotatable bonds is 6. The van der Waals surface area contributed by atoms with Crippen LogP contribution in [0.25, 0.3) is 16.8 Å². The molecule has 1 saturated carbocycles. The molecule has 3 aromatic rings. The molecule has 0 spiro atoms. The van der Waals surface area contributed by atoms with Gasteiger partial charge in [-0.2, -0.15) is 10.4 Å². The Balaban J connectivity index is 1.36. The molecular formula is C26H33N7O3S. The van der Waals surface area contributed by atoms with E-state index in [2.05, 4.69) is 26.0 Å². The second kappa shape index (κ2) is 10.3. The molecule has 1 aliphatic heterocycles. The molecule has 4 heterocycles. The van der Waals surface area contributed by atoms with Crippen LogP contribution in [-0.4, -0.2) is 71.7 Å². The smallest absolute Gasteiger partial charge is 0.233 e. The molecule has 196 valence electrons. The Labute approximate surface area is 217 Å². The van der Waals surface area contributed by atoms with E-state index in [-0.39, 0.29) is 18.5 Å². The van der Waals surface area contributed by atoms with Gasteiger partial charge < -0.3 is 14.7 Å². The molecule has 11 heteroatoms. The first kappa shape index (κ1) is 25.4. The van der Waals surface area contributed by atoms with Crippen molar-refractivity contribution in [1.82, 2.24) is 19.6 Å². The van der Waals surface area contributed by atoms with Crippen molar-refractivity contribution in [2.75, 3.05) is 36.1 Å². The van der Waals surface area contributed by atoms with Crippen molar-refractivity contribution in [2.45, 2.75) is 57.6 Å². The Morgan fingerprint density at radius 1 is 1.22 bits per heavy atom. The molecule has 2 aliphatic rings. The summed E-state index contributed by atoms with van der Waals surface area (Å²) in [6.45, 7) is 4.68. The number of hydrogen-bond donors (Lipinski definition) is 1. The zero-order valence-electron chi connectivity index (χ0n) is 21.3. The molecule has 0 bridgehead atoms. The molecule has 0 unspecified atom stereocenters. The van der Waals surface area contributed by atoms with Crippen molar-refractivity contribution in [3.05, 3.63) is 36.3 Å². The Morgan fingerprint density at radius 3 is 2.62 bits per heavy atom. The third kappa shape index (κ3) is 5.86. The summed E-state index contributed by atoms with van der Waals surface area (Å²) in [7, 11) is -2.15. The highest BCUT2D eigenvalue weighted by atomic mass is 32.2. The molecule has 1 aliphatic carbocycles. The molecule has 3 aromatic heterocycles. The van der Waals surface area contributed by atoms with Crippen LogP contribution in [0.2, 0.25) is 0 Å². The van der Waals surface area contributed by atoms with Crippen LogP contribution in [0, 0.1) is 11.3 Å². The molecule has 0 radical (unpaired) electrons. The van der Waals surface area contributed by atoms with Crippen molar-refractivity contribution in [1.29, 1.82) is 5.26 Å². The van der Waals surface area contributed by atoms with Gasteiger partial charge in [0.2, 0.25) is 5.88 Å². The van der Waals surface area contributed by atoms with E-state index in [1.807, 2.05) is 12.1 Å². The molecule has 0 atom stereocenters. The van der Waals surface area contributed by atoms with E-state index >= 15 is 0 Å². The lowest BCUT2D eigenvalue weighted by atomic mass is 9.97. The predicted octanol–water partition coefficient (Wildman–Crippen LogP) is 3.43. The number of anilines is 1. The number of fused-ring (bicyclic) bond motifs is 1. The van der Waals surface area contributed by atoms with E-state index in [4.69, 9.17) is 9.10 Å². The standard InChI is InChI=1S/C26H33N7O3S/c1-26(2,34)18-36-23-17-33-25(20(14-27)16-29-33)24(30-23)19-8-9-22(28-15-19)32-10-12-37(35,13-11-32)31-21-6-4-3-5-7-21/h8-9,15-17,21,34H,3-7,10-13,18H2,1-2H3. The first-order valence-corrected chi connectivity index (χ1v) is 14.6. The summed E-state index contributed by atoms with van der Waals surface area (Å²) >= 11 is 0. The molecule has 0 amide bonds. The van der Waals surface area contributed by atoms with E-state index in [0.717, 1.165) is 18.7 Å². The van der Waals surface area contributed by atoms with Crippen LogP contribution >= 0.6 is 0 Å². The quantitative estimate of drug-likeness (QED) is 0.520. The fraction of sp³-hybridized carbons (Fsp3) is 0.538. The van der Waals surface area contributed by atoms with E-state index in [0.29, 0.717) is 46.9 Å². The maximum absolute atomic E-state index is 13.3. The van der Waals surface area contributed by atoms with Crippen LogP contribution in [-0.2, 0) is 9.73 Å². The van der Waals surface area contributed by atoms with Crippen LogP contribution in [0.15, 0.2) is 35.1 Å². The summed E-state index contributed by atoms with van der Waals surface area (Å²) in [5.74, 6) is 2.23. The van der Waals surface area contributed by atoms with Gasteiger partial charge in [-0.05, 0) is 38.8 Å². The maximum Gasteiger partial charge on any atom is 0.233 e. The van der Waals surface area contributed by atoms with Gasteiger partial charge in [0.15, 0.2) is 0 Å². The van der Waals surface area contributed by atoms with Crippen LogP contribution < -0.4 is 9.64 Å². The topological polar surface area (TPSA) is 129 Å². The lowest BCUT2D eigenvalue weighted by Crippen LogP contribution is -2.41. The van der Waals surface area contributed by atoms with Crippen LogP contribution in [0.3, 0.4) is 0 Å². The molecule has 5 rings (SSSR count). The zero-order valence-corrected chi connectivity index (χ0v) is 22.2. The fourth-order valence-corrected chi connectivity index (χ4v) is 7.00. The minimum absolute atomic E-state index is 0.0553. The Hall–Kier alpha value is -3.23. The third-order valence-electron chi connectivity index (χ3n) is 6.79. The predicted molar refractivity (Wildman–Crippen MR) is 142 cm³/mol. The largest absolute Gasteiger partial charge is 0.474 e. The minimum atomic E-state index is -2.15. The van der Waals surface area contributed by atoms with Gasteiger partial charge in [0.05, 0.1) is 33.8 Å². The summed E-state index contributed by atoms with van der Waals surface area (Å²) in [5, 5.41) is 23.9. The second-order valence-corrected chi connectivity index (χ2v) is 13.0. The number of hydrogen-bond acceptors (Lipinski definition) is 9. The Bertz CT molecular complexity index is 1410. The number of nitrogens with zero attached hydrogens (tertiary/aromatic N) is 7. The van der Waals surface area contributed by atoms with Gasteiger partial charge in [0, 0.05) is 36.4 Å². The average molecular weight is 524 g/mol. The molecule has 0 aromatic carbocycles. The van der Waals surface area contributed by atoms with Gasteiger partial charge in [-0.25, -0.2) is 23.1 Å². The highest BCUT2D eigenvalue weighted by Crippen LogP contribution is 2.29. The number of pyridine rings is 1. The number of nitriles is 1. The van der Waals surface area contributed by atoms with Crippen LogP contribution in [0.4, 0.5) is 5.82 Å².